The van der Waals surface area contributed by atoms with Crippen molar-refractivity contribution in [2.75, 3.05) is 6.54 Å². The third kappa shape index (κ3) is 4.37. The van der Waals surface area contributed by atoms with Gasteiger partial charge in [-0.1, -0.05) is 51.1 Å². The Hall–Kier alpha value is -2.24. The molecule has 0 bridgehead atoms. The minimum Gasteiger partial charge on any atom is -0.506 e. The molecule has 3 aromatic rings. The number of rotatable bonds is 5. The van der Waals surface area contributed by atoms with Crippen molar-refractivity contribution in [1.29, 1.82) is 0 Å². The van der Waals surface area contributed by atoms with Gasteiger partial charge in [-0.15, -0.1) is 22.7 Å². The van der Waals surface area contributed by atoms with Gasteiger partial charge in [-0.25, -0.2) is 0 Å². The summed E-state index contributed by atoms with van der Waals surface area (Å²) in [6, 6.07) is 12.0. The molecule has 3 nitrogen and oxygen atoms in total. The van der Waals surface area contributed by atoms with Crippen LogP contribution in [0.4, 0.5) is 0 Å². The van der Waals surface area contributed by atoms with Crippen molar-refractivity contribution < 1.29 is 9.90 Å². The molecule has 0 radical (unpaired) electrons. The van der Waals surface area contributed by atoms with Gasteiger partial charge in [0.2, 0.25) is 0 Å². The van der Waals surface area contributed by atoms with Crippen LogP contribution in [0.15, 0.2) is 52.2 Å². The lowest BCUT2D eigenvalue weighted by Gasteiger charge is -2.19. The summed E-state index contributed by atoms with van der Waals surface area (Å²) < 4.78 is 0. The quantitative estimate of drug-likeness (QED) is 0.413. The van der Waals surface area contributed by atoms with Crippen LogP contribution < -0.4 is 0 Å². The van der Waals surface area contributed by atoms with E-state index in [1.165, 1.54) is 28.2 Å². The van der Waals surface area contributed by atoms with Gasteiger partial charge in [-0.05, 0) is 34.9 Å². The van der Waals surface area contributed by atoms with Crippen LogP contribution in [-0.4, -0.2) is 23.1 Å². The second kappa shape index (κ2) is 7.79. The topological polar surface area (TPSA) is 49.7 Å². The molecule has 27 heavy (non-hydrogen) atoms. The number of Topliss-reactive ketones (excluding diaryl/α,β-unsaturated/α-hetero) is 1. The van der Waals surface area contributed by atoms with Gasteiger partial charge in [0.25, 0.3) is 0 Å². The summed E-state index contributed by atoms with van der Waals surface area (Å²) in [6.45, 7) is 8.47. The van der Waals surface area contributed by atoms with Crippen molar-refractivity contribution in [3.8, 4) is 16.2 Å². The molecule has 5 heteroatoms. The molecule has 0 atom stereocenters. The van der Waals surface area contributed by atoms with E-state index in [9.17, 15) is 9.90 Å². The van der Waals surface area contributed by atoms with Crippen molar-refractivity contribution in [2.45, 2.75) is 33.1 Å². The summed E-state index contributed by atoms with van der Waals surface area (Å²) in [4.78, 5) is 18.0. The van der Waals surface area contributed by atoms with Gasteiger partial charge in [-0.3, -0.25) is 9.79 Å². The number of carbonyl (C=O) groups excluding carboxylic acids is 1. The predicted octanol–water partition coefficient (Wildman–Crippen LogP) is 6.17. The smallest absolute Gasteiger partial charge is 0.194 e. The average Bonchev–Trinajstić information content (AvgIpc) is 3.28. The Morgan fingerprint density at radius 2 is 1.81 bits per heavy atom. The monoisotopic (exact) mass is 397 g/mol. The zero-order chi connectivity index (χ0) is 19.6. The molecule has 0 aliphatic carbocycles. The molecule has 0 aliphatic rings. The van der Waals surface area contributed by atoms with Gasteiger partial charge in [0, 0.05) is 16.7 Å². The van der Waals surface area contributed by atoms with Crippen LogP contribution in [0.25, 0.3) is 10.4 Å². The fourth-order valence-corrected chi connectivity index (χ4v) is 4.39. The Kier molecular flexibility index (Phi) is 5.63. The molecule has 1 N–H and O–H groups in total. The summed E-state index contributed by atoms with van der Waals surface area (Å²) in [5, 5.41) is 14.5. The maximum atomic E-state index is 12.1. The van der Waals surface area contributed by atoms with Gasteiger partial charge < -0.3 is 5.11 Å². The maximum absolute atomic E-state index is 12.1. The number of carbonyl (C=O) groups is 1. The van der Waals surface area contributed by atoms with E-state index in [0.29, 0.717) is 16.2 Å². The molecular weight excluding hydrogens is 374 g/mol. The van der Waals surface area contributed by atoms with Crippen LogP contribution in [-0.2, 0) is 5.41 Å². The number of aromatic hydroxyl groups is 1. The van der Waals surface area contributed by atoms with Crippen LogP contribution in [0.5, 0.6) is 5.75 Å². The maximum Gasteiger partial charge on any atom is 0.194 e. The van der Waals surface area contributed by atoms with Crippen molar-refractivity contribution >= 4 is 34.2 Å². The Morgan fingerprint density at radius 1 is 1.11 bits per heavy atom. The molecule has 0 spiro atoms. The fourth-order valence-electron chi connectivity index (χ4n) is 2.73. The number of thiophene rings is 2. The molecule has 0 amide bonds. The third-order valence-electron chi connectivity index (χ3n) is 4.42. The number of benzene rings is 1. The number of hydrogen-bond donors (Lipinski definition) is 1. The van der Waals surface area contributed by atoms with E-state index in [2.05, 4.69) is 37.9 Å². The molecule has 2 heterocycles. The highest BCUT2D eigenvalue weighted by atomic mass is 32.1. The Labute approximate surface area is 168 Å². The highest BCUT2D eigenvalue weighted by Gasteiger charge is 2.17. The van der Waals surface area contributed by atoms with Crippen molar-refractivity contribution in [1.82, 2.24) is 0 Å². The van der Waals surface area contributed by atoms with Gasteiger partial charge in [0.1, 0.15) is 12.3 Å². The lowest BCUT2D eigenvalue weighted by Crippen LogP contribution is -2.10. The molecule has 0 fully saturated rings. The van der Waals surface area contributed by atoms with E-state index >= 15 is 0 Å². The molecule has 3 rings (SSSR count). The second-order valence-corrected chi connectivity index (χ2v) is 9.28. The summed E-state index contributed by atoms with van der Waals surface area (Å²) in [5.41, 5.74) is 3.70. The summed E-state index contributed by atoms with van der Waals surface area (Å²) in [7, 11) is 0. The van der Waals surface area contributed by atoms with Gasteiger partial charge in [0.15, 0.2) is 5.78 Å². The number of nitrogens with zero attached hydrogens (tertiary/aromatic N) is 1. The molecule has 1 aromatic carbocycles. The van der Waals surface area contributed by atoms with E-state index in [1.807, 2.05) is 35.9 Å². The highest BCUT2D eigenvalue weighted by Crippen LogP contribution is 2.39. The minimum atomic E-state index is -0.00272. The minimum absolute atomic E-state index is 0.00272. The van der Waals surface area contributed by atoms with E-state index in [4.69, 9.17) is 0 Å². The summed E-state index contributed by atoms with van der Waals surface area (Å²) >= 11 is 2.91. The Morgan fingerprint density at radius 3 is 2.41 bits per heavy atom. The first-order valence-corrected chi connectivity index (χ1v) is 10.5. The van der Waals surface area contributed by atoms with Gasteiger partial charge in [-0.2, -0.15) is 0 Å². The molecule has 0 aliphatic heterocycles. The zero-order valence-electron chi connectivity index (χ0n) is 15.9. The predicted molar refractivity (Wildman–Crippen MR) is 116 cm³/mol. The molecule has 0 saturated carbocycles. The lowest BCUT2D eigenvalue weighted by atomic mass is 9.86. The summed E-state index contributed by atoms with van der Waals surface area (Å²) in [6.07, 6.45) is 0. The first-order chi connectivity index (χ1) is 12.8. The number of aliphatic imine (C=N–C) groups is 1. The zero-order valence-corrected chi connectivity index (χ0v) is 17.6. The van der Waals surface area contributed by atoms with Gasteiger partial charge in [0.05, 0.1) is 9.75 Å². The average molecular weight is 398 g/mol. The van der Waals surface area contributed by atoms with Crippen LogP contribution >= 0.6 is 22.7 Å². The Balaban J connectivity index is 1.80. The number of ketones is 1. The fraction of sp³-hybridized carbons (Fsp3) is 0.273. The normalized spacial score (nSPS) is 12.4. The largest absolute Gasteiger partial charge is 0.506 e. The molecule has 0 unspecified atom stereocenters. The Bertz CT molecular complexity index is 959. The molecule has 2 aromatic heterocycles. The van der Waals surface area contributed by atoms with Crippen molar-refractivity contribution in [3.63, 3.8) is 0 Å². The van der Waals surface area contributed by atoms with Crippen LogP contribution in [0.1, 0.15) is 48.5 Å². The highest BCUT2D eigenvalue weighted by molar-refractivity contribution is 7.14. The first-order valence-electron chi connectivity index (χ1n) is 8.77. The second-order valence-electron chi connectivity index (χ2n) is 7.46. The number of hydrogen-bond acceptors (Lipinski definition) is 5. The third-order valence-corrected chi connectivity index (χ3v) is 6.35. The van der Waals surface area contributed by atoms with E-state index in [1.54, 1.807) is 6.07 Å². The van der Waals surface area contributed by atoms with Crippen LogP contribution in [0, 0.1) is 0 Å². The first kappa shape index (κ1) is 19.5. The SMILES string of the molecule is CC(=NCC(=O)c1cccs1)c1csc(-c2ccc(C(C)(C)C)cc2)c1O. The van der Waals surface area contributed by atoms with Crippen molar-refractivity contribution in [2.24, 2.45) is 4.99 Å². The summed E-state index contributed by atoms with van der Waals surface area (Å²) in [5.74, 6) is 0.227. The van der Waals surface area contributed by atoms with E-state index in [-0.39, 0.29) is 23.5 Å². The van der Waals surface area contributed by atoms with E-state index in [0.717, 1.165) is 10.4 Å². The molecular formula is C22H23NO2S2. The lowest BCUT2D eigenvalue weighted by molar-refractivity contribution is 0.101. The molecule has 140 valence electrons. The van der Waals surface area contributed by atoms with Crippen molar-refractivity contribution in [3.05, 3.63) is 63.2 Å². The van der Waals surface area contributed by atoms with E-state index < -0.39 is 0 Å². The van der Waals surface area contributed by atoms with Crippen LogP contribution in [0.2, 0.25) is 0 Å². The standard InChI is InChI=1S/C22H23NO2S2/c1-14(23-12-18(24)19-6-5-11-26-19)17-13-27-21(20(17)25)15-7-9-16(10-8-15)22(2,3)4/h5-11,13,25H,12H2,1-4H3. The molecule has 0 saturated heterocycles. The van der Waals surface area contributed by atoms with Gasteiger partial charge >= 0.3 is 0 Å². The van der Waals surface area contributed by atoms with Crippen LogP contribution in [0.3, 0.4) is 0 Å².